The summed E-state index contributed by atoms with van der Waals surface area (Å²) in [4.78, 5) is 45.5. The number of imide groups is 1. The SMILES string of the molecule is CCOc1cccc(N2C(=O)[C@H]3[C@@H](ON(c4cccc([N+](=O)[O-])c4)[C@H]3c3cc(Br)c(O)c(OC)c3)C2=O)c1. The molecule has 0 spiro atoms. The number of hydroxylamine groups is 1. The number of anilines is 2. The minimum atomic E-state index is -1.19. The quantitative estimate of drug-likeness (QED) is 0.242. The summed E-state index contributed by atoms with van der Waals surface area (Å²) in [6.07, 6.45) is -1.19. The molecule has 2 aliphatic rings. The van der Waals surface area contributed by atoms with Gasteiger partial charge in [-0.05, 0) is 58.7 Å². The van der Waals surface area contributed by atoms with Crippen molar-refractivity contribution in [2.24, 2.45) is 5.92 Å². The van der Waals surface area contributed by atoms with Gasteiger partial charge in [0.2, 0.25) is 5.91 Å². The topological polar surface area (TPSA) is 132 Å². The Hall–Kier alpha value is -4.16. The van der Waals surface area contributed by atoms with Crippen LogP contribution in [0.2, 0.25) is 0 Å². The average molecular weight is 584 g/mol. The van der Waals surface area contributed by atoms with Gasteiger partial charge < -0.3 is 14.6 Å². The van der Waals surface area contributed by atoms with Crippen LogP contribution < -0.4 is 19.4 Å². The zero-order valence-corrected chi connectivity index (χ0v) is 21.8. The highest BCUT2D eigenvalue weighted by Crippen LogP contribution is 2.50. The maximum absolute atomic E-state index is 13.9. The molecule has 0 radical (unpaired) electrons. The Labute approximate surface area is 225 Å². The molecular formula is C26H22BrN3O8. The molecule has 3 atom stereocenters. The normalized spacial score (nSPS) is 20.6. The van der Waals surface area contributed by atoms with Crippen molar-refractivity contribution in [1.82, 2.24) is 0 Å². The van der Waals surface area contributed by atoms with E-state index in [1.165, 1.54) is 36.4 Å². The minimum absolute atomic E-state index is 0.134. The van der Waals surface area contributed by atoms with Crippen LogP contribution in [0, 0.1) is 16.0 Å². The maximum Gasteiger partial charge on any atom is 0.271 e. The lowest BCUT2D eigenvalue weighted by Crippen LogP contribution is -2.37. The monoisotopic (exact) mass is 583 g/mol. The summed E-state index contributed by atoms with van der Waals surface area (Å²) >= 11 is 3.31. The maximum atomic E-state index is 13.9. The van der Waals surface area contributed by atoms with Crippen molar-refractivity contribution in [2.75, 3.05) is 23.7 Å². The molecule has 38 heavy (non-hydrogen) atoms. The highest BCUT2D eigenvalue weighted by Gasteiger charge is 2.60. The summed E-state index contributed by atoms with van der Waals surface area (Å²) in [6, 6.07) is 14.6. The molecule has 0 unspecified atom stereocenters. The molecule has 2 heterocycles. The molecule has 2 fully saturated rings. The van der Waals surface area contributed by atoms with Crippen molar-refractivity contribution < 1.29 is 33.9 Å². The number of hydrogen-bond donors (Lipinski definition) is 1. The number of hydrogen-bond acceptors (Lipinski definition) is 9. The van der Waals surface area contributed by atoms with Crippen molar-refractivity contribution >= 4 is 44.8 Å². The zero-order valence-electron chi connectivity index (χ0n) is 20.2. The number of carbonyl (C=O) groups excluding carboxylic acids is 2. The van der Waals surface area contributed by atoms with Crippen LogP contribution in [-0.2, 0) is 14.4 Å². The first-order chi connectivity index (χ1) is 18.2. The number of carbonyl (C=O) groups is 2. The fourth-order valence-electron chi connectivity index (χ4n) is 4.77. The first-order valence-corrected chi connectivity index (χ1v) is 12.4. The van der Waals surface area contributed by atoms with Gasteiger partial charge in [0.15, 0.2) is 17.6 Å². The van der Waals surface area contributed by atoms with Crippen LogP contribution >= 0.6 is 15.9 Å². The van der Waals surface area contributed by atoms with E-state index >= 15 is 0 Å². The third kappa shape index (κ3) is 4.21. The molecular weight excluding hydrogens is 562 g/mol. The van der Waals surface area contributed by atoms with Gasteiger partial charge in [-0.2, -0.15) is 0 Å². The van der Waals surface area contributed by atoms with Crippen molar-refractivity contribution in [1.29, 1.82) is 0 Å². The lowest BCUT2D eigenvalue weighted by molar-refractivity contribution is -0.384. The van der Waals surface area contributed by atoms with E-state index in [0.717, 1.165) is 4.90 Å². The van der Waals surface area contributed by atoms with Crippen LogP contribution in [0.4, 0.5) is 17.1 Å². The van der Waals surface area contributed by atoms with E-state index in [9.17, 15) is 24.8 Å². The number of fused-ring (bicyclic) bond motifs is 1. The number of phenols is 1. The number of benzene rings is 3. The van der Waals surface area contributed by atoms with Crippen molar-refractivity contribution in [2.45, 2.75) is 19.1 Å². The number of halogens is 1. The number of methoxy groups -OCH3 is 1. The molecule has 5 rings (SSSR count). The number of non-ortho nitro benzene ring substituents is 1. The molecule has 11 nitrogen and oxygen atoms in total. The van der Waals surface area contributed by atoms with Crippen LogP contribution in [0.1, 0.15) is 18.5 Å². The van der Waals surface area contributed by atoms with E-state index in [-0.39, 0.29) is 22.9 Å². The number of rotatable bonds is 7. The average Bonchev–Trinajstić information content (AvgIpc) is 3.41. The lowest BCUT2D eigenvalue weighted by atomic mass is 9.90. The number of phenolic OH excluding ortho intramolecular Hbond substituents is 1. The number of nitro benzene ring substituents is 1. The summed E-state index contributed by atoms with van der Waals surface area (Å²) in [6.45, 7) is 2.24. The number of nitro groups is 1. The Morgan fingerprint density at radius 2 is 1.82 bits per heavy atom. The molecule has 2 aliphatic heterocycles. The molecule has 3 aromatic rings. The van der Waals surface area contributed by atoms with E-state index < -0.39 is 34.8 Å². The standard InChI is InChI=1S/C26H22BrN3O8/c1-3-37-18-9-5-6-15(13-18)28-25(32)21-22(14-10-19(27)23(31)20(11-14)36-2)29(38-24(21)26(28)33)16-7-4-8-17(12-16)30(34)35/h4-13,21-22,24,31H,3H2,1-2H3/t21-,22+,24-/m1/s1. The van der Waals surface area contributed by atoms with Gasteiger partial charge in [0, 0.05) is 18.2 Å². The first kappa shape index (κ1) is 25.5. The molecule has 3 aromatic carbocycles. The predicted molar refractivity (Wildman–Crippen MR) is 139 cm³/mol. The fraction of sp³-hybridized carbons (Fsp3) is 0.231. The van der Waals surface area contributed by atoms with Crippen LogP contribution in [0.5, 0.6) is 17.2 Å². The third-order valence-electron chi connectivity index (χ3n) is 6.41. The minimum Gasteiger partial charge on any atom is -0.503 e. The highest BCUT2D eigenvalue weighted by atomic mass is 79.9. The molecule has 2 saturated heterocycles. The number of ether oxygens (including phenoxy) is 2. The van der Waals surface area contributed by atoms with Gasteiger partial charge in [0.1, 0.15) is 11.7 Å². The molecule has 1 N–H and O–H groups in total. The Morgan fingerprint density at radius 3 is 2.53 bits per heavy atom. The summed E-state index contributed by atoms with van der Waals surface area (Å²) in [5, 5.41) is 23.1. The molecule has 12 heteroatoms. The third-order valence-corrected chi connectivity index (χ3v) is 7.01. The van der Waals surface area contributed by atoms with Gasteiger partial charge in [0.25, 0.3) is 11.6 Å². The van der Waals surface area contributed by atoms with Crippen LogP contribution in [0.3, 0.4) is 0 Å². The second-order valence-corrected chi connectivity index (χ2v) is 9.45. The van der Waals surface area contributed by atoms with Gasteiger partial charge in [0.05, 0.1) is 40.5 Å². The van der Waals surface area contributed by atoms with Crippen molar-refractivity contribution in [3.05, 3.63) is 80.8 Å². The molecule has 0 aliphatic carbocycles. The van der Waals surface area contributed by atoms with Gasteiger partial charge in [-0.25, -0.2) is 9.96 Å². The largest absolute Gasteiger partial charge is 0.503 e. The van der Waals surface area contributed by atoms with Gasteiger partial charge >= 0.3 is 0 Å². The van der Waals surface area contributed by atoms with Crippen LogP contribution in [0.15, 0.2) is 65.1 Å². The lowest BCUT2D eigenvalue weighted by Gasteiger charge is -2.29. The van der Waals surface area contributed by atoms with E-state index in [4.69, 9.17) is 14.3 Å². The molecule has 2 amide bonds. The zero-order chi connectivity index (χ0) is 27.1. The second kappa shape index (κ2) is 9.95. The molecule has 0 aromatic heterocycles. The second-order valence-electron chi connectivity index (χ2n) is 8.60. The van der Waals surface area contributed by atoms with Crippen LogP contribution in [-0.4, -0.2) is 41.7 Å². The molecule has 0 saturated carbocycles. The Morgan fingerprint density at radius 1 is 1.08 bits per heavy atom. The van der Waals surface area contributed by atoms with Crippen molar-refractivity contribution in [3.63, 3.8) is 0 Å². The highest BCUT2D eigenvalue weighted by molar-refractivity contribution is 9.10. The van der Waals surface area contributed by atoms with E-state index in [1.54, 1.807) is 36.4 Å². The Bertz CT molecular complexity index is 1450. The van der Waals surface area contributed by atoms with Crippen molar-refractivity contribution in [3.8, 4) is 17.2 Å². The smallest absolute Gasteiger partial charge is 0.271 e. The Balaban J connectivity index is 1.62. The van der Waals surface area contributed by atoms with E-state index in [0.29, 0.717) is 28.1 Å². The van der Waals surface area contributed by atoms with Gasteiger partial charge in [-0.15, -0.1) is 0 Å². The van der Waals surface area contributed by atoms with E-state index in [2.05, 4.69) is 15.9 Å². The van der Waals surface area contributed by atoms with Gasteiger partial charge in [-0.1, -0.05) is 12.1 Å². The van der Waals surface area contributed by atoms with Gasteiger partial charge in [-0.3, -0.25) is 24.5 Å². The fourth-order valence-corrected chi connectivity index (χ4v) is 5.23. The van der Waals surface area contributed by atoms with E-state index in [1.807, 2.05) is 6.92 Å². The number of amides is 2. The summed E-state index contributed by atoms with van der Waals surface area (Å²) in [5.74, 6) is -1.58. The Kier molecular flexibility index (Phi) is 6.67. The summed E-state index contributed by atoms with van der Waals surface area (Å²) in [5.41, 5.74) is 0.927. The molecule has 0 bridgehead atoms. The molecule has 196 valence electrons. The predicted octanol–water partition coefficient (Wildman–Crippen LogP) is 4.52. The van der Waals surface area contributed by atoms with Crippen LogP contribution in [0.25, 0.3) is 0 Å². The first-order valence-electron chi connectivity index (χ1n) is 11.6. The number of nitrogens with zero attached hydrogens (tertiary/aromatic N) is 3. The summed E-state index contributed by atoms with van der Waals surface area (Å²) < 4.78 is 11.1. The number of aromatic hydroxyl groups is 1. The summed E-state index contributed by atoms with van der Waals surface area (Å²) in [7, 11) is 1.38.